The third-order valence-corrected chi connectivity index (χ3v) is 6.83. The molecule has 0 aliphatic carbocycles. The number of unbranched alkanes of at least 4 members (excludes halogenated alkanes) is 3. The molecule has 4 rings (SSSR count). The van der Waals surface area contributed by atoms with Gasteiger partial charge in [0.25, 0.3) is 0 Å². The number of fused-ring (bicyclic) bond motifs is 6. The van der Waals surface area contributed by atoms with E-state index >= 15 is 0 Å². The van der Waals surface area contributed by atoms with Gasteiger partial charge in [0.1, 0.15) is 0 Å². The van der Waals surface area contributed by atoms with E-state index in [4.69, 9.17) is 14.2 Å². The summed E-state index contributed by atoms with van der Waals surface area (Å²) in [6.07, 6.45) is 5.24. The lowest BCUT2D eigenvalue weighted by Gasteiger charge is -2.14. The highest BCUT2D eigenvalue weighted by Gasteiger charge is 2.17. The van der Waals surface area contributed by atoms with Crippen LogP contribution in [0.3, 0.4) is 0 Å². The minimum atomic E-state index is -0.372. The van der Waals surface area contributed by atoms with Crippen LogP contribution in [0.1, 0.15) is 90.4 Å². The summed E-state index contributed by atoms with van der Waals surface area (Å²) in [5, 5.41) is 5.19. The molecule has 4 aromatic rings. The number of carbonyl (C=O) groups excluding carboxylic acids is 3. The van der Waals surface area contributed by atoms with Gasteiger partial charge in [-0.25, -0.2) is 14.4 Å². The molecule has 0 unspecified atom stereocenters. The number of rotatable bonds is 12. The number of hydrogen-bond acceptors (Lipinski definition) is 6. The Kier molecular flexibility index (Phi) is 9.53. The van der Waals surface area contributed by atoms with Gasteiger partial charge in [0.05, 0.1) is 36.5 Å². The van der Waals surface area contributed by atoms with Gasteiger partial charge in [0.15, 0.2) is 0 Å². The van der Waals surface area contributed by atoms with Gasteiger partial charge in [-0.05, 0) is 88.0 Å². The first-order valence-corrected chi connectivity index (χ1v) is 13.9. The molecule has 39 heavy (non-hydrogen) atoms. The highest BCUT2D eigenvalue weighted by atomic mass is 16.5. The molecule has 204 valence electrons. The quantitative estimate of drug-likeness (QED) is 0.0802. The number of carbonyl (C=O) groups is 3. The molecule has 0 radical (unpaired) electrons. The molecule has 6 nitrogen and oxygen atoms in total. The Bertz CT molecular complexity index is 1290. The van der Waals surface area contributed by atoms with Crippen molar-refractivity contribution >= 4 is 50.2 Å². The maximum atomic E-state index is 12.8. The van der Waals surface area contributed by atoms with Gasteiger partial charge >= 0.3 is 17.9 Å². The van der Waals surface area contributed by atoms with Gasteiger partial charge < -0.3 is 14.2 Å². The van der Waals surface area contributed by atoms with Gasteiger partial charge in [-0.2, -0.15) is 0 Å². The Balaban J connectivity index is 1.86. The van der Waals surface area contributed by atoms with Crippen LogP contribution in [0.4, 0.5) is 0 Å². The largest absolute Gasteiger partial charge is 0.462 e. The lowest BCUT2D eigenvalue weighted by Crippen LogP contribution is -2.07. The van der Waals surface area contributed by atoms with Gasteiger partial charge in [-0.15, -0.1) is 0 Å². The van der Waals surface area contributed by atoms with Gasteiger partial charge in [0.2, 0.25) is 0 Å². The third-order valence-electron chi connectivity index (χ3n) is 6.83. The molecule has 0 amide bonds. The van der Waals surface area contributed by atoms with Crippen molar-refractivity contribution in [3.8, 4) is 0 Å². The van der Waals surface area contributed by atoms with Crippen molar-refractivity contribution in [1.29, 1.82) is 0 Å². The summed E-state index contributed by atoms with van der Waals surface area (Å²) < 4.78 is 16.4. The van der Waals surface area contributed by atoms with Crippen molar-refractivity contribution in [3.05, 3.63) is 71.3 Å². The van der Waals surface area contributed by atoms with E-state index in [1.54, 1.807) is 18.2 Å². The van der Waals surface area contributed by atoms with E-state index in [0.29, 0.717) is 36.5 Å². The summed E-state index contributed by atoms with van der Waals surface area (Å²) >= 11 is 0. The second-order valence-electron chi connectivity index (χ2n) is 9.75. The van der Waals surface area contributed by atoms with Crippen LogP contribution in [0.5, 0.6) is 0 Å². The van der Waals surface area contributed by atoms with Crippen molar-refractivity contribution in [3.63, 3.8) is 0 Å². The van der Waals surface area contributed by atoms with E-state index in [1.165, 1.54) is 0 Å². The van der Waals surface area contributed by atoms with Crippen LogP contribution in [0.25, 0.3) is 32.3 Å². The highest BCUT2D eigenvalue weighted by Crippen LogP contribution is 2.37. The first-order chi connectivity index (χ1) is 19.0. The van der Waals surface area contributed by atoms with Crippen LogP contribution in [-0.2, 0) is 14.2 Å². The molecule has 0 bridgehead atoms. The zero-order valence-electron chi connectivity index (χ0n) is 23.0. The monoisotopic (exact) mass is 528 g/mol. The zero-order chi connectivity index (χ0) is 27.8. The number of ether oxygens (including phenoxy) is 3. The topological polar surface area (TPSA) is 78.9 Å². The van der Waals surface area contributed by atoms with Gasteiger partial charge in [-0.3, -0.25) is 0 Å². The molecule has 0 fully saturated rings. The summed E-state index contributed by atoms with van der Waals surface area (Å²) in [5.41, 5.74) is 1.37. The summed E-state index contributed by atoms with van der Waals surface area (Å²) in [5.74, 6) is -1.12. The second kappa shape index (κ2) is 13.2. The van der Waals surface area contributed by atoms with Crippen LogP contribution in [0.2, 0.25) is 0 Å². The van der Waals surface area contributed by atoms with E-state index in [9.17, 15) is 14.4 Å². The SMILES string of the molecule is CCCCOC(=O)c1ccc2c(c1)c1ccc(C(=O)OCCCC)cc1c1ccc(C(=O)OCCCC)cc21. The van der Waals surface area contributed by atoms with E-state index in [2.05, 4.69) is 0 Å². The Hall–Kier alpha value is -3.93. The van der Waals surface area contributed by atoms with E-state index in [1.807, 2.05) is 57.2 Å². The lowest BCUT2D eigenvalue weighted by molar-refractivity contribution is 0.0490. The fourth-order valence-corrected chi connectivity index (χ4v) is 4.56. The van der Waals surface area contributed by atoms with E-state index in [-0.39, 0.29) is 17.9 Å². The maximum Gasteiger partial charge on any atom is 0.338 e. The fourth-order valence-electron chi connectivity index (χ4n) is 4.56. The average molecular weight is 529 g/mol. The summed E-state index contributed by atoms with van der Waals surface area (Å²) in [4.78, 5) is 38.3. The predicted octanol–water partition coefficient (Wildman–Crippen LogP) is 8.02. The first-order valence-electron chi connectivity index (χ1n) is 13.9. The Morgan fingerprint density at radius 2 is 0.744 bits per heavy atom. The minimum absolute atomic E-state index is 0.372. The molecule has 0 saturated heterocycles. The standard InChI is InChI=1S/C33H36O6/c1-4-7-16-37-31(34)22-10-13-25-28(19-22)26-14-11-23(32(35)38-17-8-5-2)21-30(26)27-15-12-24(20-29(25)27)33(36)39-18-9-6-3/h10-15,19-21H,4-9,16-18H2,1-3H3. The third kappa shape index (κ3) is 6.39. The average Bonchev–Trinajstić information content (AvgIpc) is 2.96. The molecular weight excluding hydrogens is 492 g/mol. The predicted molar refractivity (Wildman–Crippen MR) is 155 cm³/mol. The van der Waals surface area contributed by atoms with Crippen molar-refractivity contribution < 1.29 is 28.6 Å². The fraction of sp³-hybridized carbons (Fsp3) is 0.364. The second-order valence-corrected chi connectivity index (χ2v) is 9.75. The minimum Gasteiger partial charge on any atom is -0.462 e. The van der Waals surface area contributed by atoms with Crippen molar-refractivity contribution in [2.45, 2.75) is 59.3 Å². The Labute approximate surface area is 229 Å². The molecule has 6 heteroatoms. The van der Waals surface area contributed by atoms with Crippen LogP contribution < -0.4 is 0 Å². The molecule has 0 heterocycles. The smallest absolute Gasteiger partial charge is 0.338 e. The molecule has 0 saturated carbocycles. The van der Waals surface area contributed by atoms with Crippen LogP contribution in [-0.4, -0.2) is 37.7 Å². The highest BCUT2D eigenvalue weighted by molar-refractivity contribution is 6.27. The van der Waals surface area contributed by atoms with Gasteiger partial charge in [-0.1, -0.05) is 58.2 Å². The molecule has 0 atom stereocenters. The maximum absolute atomic E-state index is 12.8. The molecule has 4 aromatic carbocycles. The van der Waals surface area contributed by atoms with Crippen LogP contribution >= 0.6 is 0 Å². The zero-order valence-corrected chi connectivity index (χ0v) is 23.0. The molecule has 0 aliphatic rings. The summed E-state index contributed by atoms with van der Waals surface area (Å²) in [6.45, 7) is 7.25. The number of hydrogen-bond donors (Lipinski definition) is 0. The first kappa shape index (κ1) is 28.1. The van der Waals surface area contributed by atoms with E-state index < -0.39 is 0 Å². The molecular formula is C33H36O6. The molecule has 0 spiro atoms. The van der Waals surface area contributed by atoms with Crippen LogP contribution in [0.15, 0.2) is 54.6 Å². The number of benzene rings is 4. The molecule has 0 aliphatic heterocycles. The van der Waals surface area contributed by atoms with Gasteiger partial charge in [0, 0.05) is 0 Å². The molecule has 0 N–H and O–H groups in total. The van der Waals surface area contributed by atoms with Crippen molar-refractivity contribution in [2.75, 3.05) is 19.8 Å². The van der Waals surface area contributed by atoms with Crippen molar-refractivity contribution in [2.24, 2.45) is 0 Å². The molecule has 0 aromatic heterocycles. The van der Waals surface area contributed by atoms with E-state index in [0.717, 1.165) is 70.8 Å². The number of esters is 3. The Morgan fingerprint density at radius 3 is 1.00 bits per heavy atom. The normalized spacial score (nSPS) is 11.2. The van der Waals surface area contributed by atoms with Crippen LogP contribution in [0, 0.1) is 0 Å². The Morgan fingerprint density at radius 1 is 0.462 bits per heavy atom. The lowest BCUT2D eigenvalue weighted by atomic mass is 9.91. The van der Waals surface area contributed by atoms with Crippen molar-refractivity contribution in [1.82, 2.24) is 0 Å². The summed E-state index contributed by atoms with van der Waals surface area (Å²) in [6, 6.07) is 16.4. The summed E-state index contributed by atoms with van der Waals surface area (Å²) in [7, 11) is 0.